The second-order valence-corrected chi connectivity index (χ2v) is 11.4. The molecule has 0 fully saturated rings. The van der Waals surface area contributed by atoms with Gasteiger partial charge in [-0.05, 0) is 78.4 Å². The van der Waals surface area contributed by atoms with Gasteiger partial charge in [0.05, 0.1) is 28.9 Å². The Morgan fingerprint density at radius 3 is 2.62 bits per heavy atom. The van der Waals surface area contributed by atoms with E-state index in [1.807, 2.05) is 54.0 Å². The standard InChI is InChI=1S/C34H26N2O5S/c1-19-17-22(33(38)39)10-14-25(19)28-16-13-24(41-28)18-29-32(37)36-31(21-7-11-23(40-2)12-8-21)27-15-9-20-5-3-4-6-26(20)30(27)35-34(36)42-29/h3-8,10-14,16-18,31H,9,15H2,1-2H3,(H,38,39)/b29-18+/t31-/m0/s1. The van der Waals surface area contributed by atoms with E-state index in [1.54, 1.807) is 31.4 Å². The van der Waals surface area contributed by atoms with Gasteiger partial charge in [-0.1, -0.05) is 53.8 Å². The maximum absolute atomic E-state index is 14.0. The molecule has 7 rings (SSSR count). The molecular formula is C34H26N2O5S. The number of allylic oxidation sites excluding steroid dienone is 1. The number of ether oxygens (including phenoxy) is 1. The predicted octanol–water partition coefficient (Wildman–Crippen LogP) is 5.59. The van der Waals surface area contributed by atoms with Crippen LogP contribution in [0.5, 0.6) is 5.75 Å². The van der Waals surface area contributed by atoms with E-state index in [4.69, 9.17) is 14.1 Å². The molecule has 5 aromatic rings. The second-order valence-electron chi connectivity index (χ2n) is 10.4. The third kappa shape index (κ3) is 4.31. The molecule has 0 spiro atoms. The Hall–Kier alpha value is -4.95. The number of furan rings is 1. The number of benzene rings is 3. The Kier molecular flexibility index (Phi) is 6.28. The van der Waals surface area contributed by atoms with Crippen LogP contribution in [-0.2, 0) is 6.42 Å². The zero-order chi connectivity index (χ0) is 29.0. The van der Waals surface area contributed by atoms with Crippen LogP contribution in [0.2, 0.25) is 0 Å². The molecule has 2 aromatic heterocycles. The van der Waals surface area contributed by atoms with Crippen LogP contribution in [0, 0.1) is 6.92 Å². The number of aromatic carboxylic acids is 1. The third-order valence-corrected chi connectivity index (χ3v) is 8.93. The number of hydrogen-bond acceptors (Lipinski definition) is 6. The van der Waals surface area contributed by atoms with E-state index in [9.17, 15) is 14.7 Å². The molecule has 1 aliphatic heterocycles. The first kappa shape index (κ1) is 26.0. The van der Waals surface area contributed by atoms with Gasteiger partial charge in [0.15, 0.2) is 4.80 Å². The smallest absolute Gasteiger partial charge is 0.335 e. The van der Waals surface area contributed by atoms with Crippen molar-refractivity contribution in [1.29, 1.82) is 0 Å². The highest BCUT2D eigenvalue weighted by Crippen LogP contribution is 2.41. The van der Waals surface area contributed by atoms with Crippen LogP contribution in [0.4, 0.5) is 0 Å². The first-order chi connectivity index (χ1) is 20.4. The Morgan fingerprint density at radius 2 is 1.86 bits per heavy atom. The van der Waals surface area contributed by atoms with E-state index in [0.29, 0.717) is 20.9 Å². The monoisotopic (exact) mass is 574 g/mol. The van der Waals surface area contributed by atoms with Gasteiger partial charge in [0, 0.05) is 17.2 Å². The Labute approximate surface area is 245 Å². The van der Waals surface area contributed by atoms with Crippen molar-refractivity contribution in [3.63, 3.8) is 0 Å². The number of carboxylic acids is 1. The van der Waals surface area contributed by atoms with Crippen LogP contribution >= 0.6 is 11.3 Å². The maximum atomic E-state index is 14.0. The van der Waals surface area contributed by atoms with Crippen molar-refractivity contribution in [2.75, 3.05) is 7.11 Å². The van der Waals surface area contributed by atoms with Gasteiger partial charge in [-0.25, -0.2) is 9.79 Å². The van der Waals surface area contributed by atoms with Gasteiger partial charge in [0.25, 0.3) is 5.56 Å². The van der Waals surface area contributed by atoms with E-state index in [1.165, 1.54) is 16.9 Å². The average molecular weight is 575 g/mol. The number of aryl methyl sites for hydroxylation is 2. The van der Waals surface area contributed by atoms with Gasteiger partial charge in [0.2, 0.25) is 0 Å². The average Bonchev–Trinajstić information content (AvgIpc) is 3.60. The van der Waals surface area contributed by atoms with Crippen molar-refractivity contribution < 1.29 is 19.1 Å². The molecule has 3 heterocycles. The second kappa shape index (κ2) is 10.2. The molecule has 0 amide bonds. The molecule has 3 aromatic carbocycles. The van der Waals surface area contributed by atoms with Gasteiger partial charge < -0.3 is 14.3 Å². The van der Waals surface area contributed by atoms with Crippen LogP contribution in [-0.4, -0.2) is 22.8 Å². The Bertz CT molecular complexity index is 2100. The molecule has 42 heavy (non-hydrogen) atoms. The fourth-order valence-corrected chi connectivity index (χ4v) is 6.87. The molecule has 2 aliphatic rings. The number of fused-ring (bicyclic) bond motifs is 3. The summed E-state index contributed by atoms with van der Waals surface area (Å²) in [4.78, 5) is 31.1. The van der Waals surface area contributed by atoms with Crippen LogP contribution in [0.1, 0.15) is 50.8 Å². The maximum Gasteiger partial charge on any atom is 0.335 e. The van der Waals surface area contributed by atoms with Crippen LogP contribution in [0.3, 0.4) is 0 Å². The summed E-state index contributed by atoms with van der Waals surface area (Å²) in [5, 5.41) is 9.29. The van der Waals surface area contributed by atoms with Gasteiger partial charge >= 0.3 is 5.97 Å². The molecule has 1 aliphatic carbocycles. The highest BCUT2D eigenvalue weighted by atomic mass is 32.1. The van der Waals surface area contributed by atoms with E-state index in [2.05, 4.69) is 18.2 Å². The normalized spacial score (nSPS) is 16.0. The van der Waals surface area contributed by atoms with Crippen LogP contribution in [0.25, 0.3) is 23.1 Å². The number of carbonyl (C=O) groups is 1. The summed E-state index contributed by atoms with van der Waals surface area (Å²) in [7, 11) is 1.64. The number of rotatable bonds is 5. The molecule has 8 heteroatoms. The molecular weight excluding hydrogens is 548 g/mol. The quantitative estimate of drug-likeness (QED) is 0.295. The van der Waals surface area contributed by atoms with Crippen molar-refractivity contribution in [3.8, 4) is 17.1 Å². The fourth-order valence-electron chi connectivity index (χ4n) is 5.89. The number of carboxylic acid groups (broad SMARTS) is 1. The van der Waals surface area contributed by atoms with Crippen molar-refractivity contribution in [3.05, 3.63) is 138 Å². The molecule has 208 valence electrons. The third-order valence-electron chi connectivity index (χ3n) is 7.94. The van der Waals surface area contributed by atoms with Crippen LogP contribution in [0.15, 0.2) is 98.6 Å². The minimum Gasteiger partial charge on any atom is -0.497 e. The molecule has 0 saturated carbocycles. The lowest BCUT2D eigenvalue weighted by Crippen LogP contribution is -2.38. The summed E-state index contributed by atoms with van der Waals surface area (Å²) in [5.41, 5.74) is 7.17. The number of methoxy groups -OCH3 is 1. The minimum absolute atomic E-state index is 0.120. The molecule has 0 bridgehead atoms. The number of aromatic nitrogens is 1. The number of thiazole rings is 1. The SMILES string of the molecule is COc1ccc([C@H]2C3=C(N=c4s/c(=C/c5ccc(-c6ccc(C(=O)O)cc6C)o5)c(=O)n42)c2ccccc2CC3)cc1. The predicted molar refractivity (Wildman–Crippen MR) is 162 cm³/mol. The Balaban J connectivity index is 1.36. The minimum atomic E-state index is -0.974. The highest BCUT2D eigenvalue weighted by molar-refractivity contribution is 7.07. The van der Waals surface area contributed by atoms with E-state index in [-0.39, 0.29) is 17.2 Å². The van der Waals surface area contributed by atoms with Crippen molar-refractivity contribution in [1.82, 2.24) is 4.57 Å². The first-order valence-electron chi connectivity index (χ1n) is 13.6. The zero-order valence-corrected chi connectivity index (χ0v) is 23.8. The summed E-state index contributed by atoms with van der Waals surface area (Å²) in [5.74, 6) is 0.924. The van der Waals surface area contributed by atoms with Crippen molar-refractivity contribution >= 4 is 29.1 Å². The highest BCUT2D eigenvalue weighted by Gasteiger charge is 2.32. The van der Waals surface area contributed by atoms with Crippen molar-refractivity contribution in [2.45, 2.75) is 25.8 Å². The van der Waals surface area contributed by atoms with Crippen LogP contribution < -0.4 is 19.6 Å². The molecule has 1 atom stereocenters. The number of nitrogens with zero attached hydrogens (tertiary/aromatic N) is 2. The lowest BCUT2D eigenvalue weighted by atomic mass is 9.83. The Morgan fingerprint density at radius 1 is 1.05 bits per heavy atom. The lowest BCUT2D eigenvalue weighted by Gasteiger charge is -2.30. The first-order valence-corrected chi connectivity index (χ1v) is 14.4. The molecule has 0 saturated heterocycles. The molecule has 0 unspecified atom stereocenters. The summed E-state index contributed by atoms with van der Waals surface area (Å²) in [6.07, 6.45) is 3.47. The summed E-state index contributed by atoms with van der Waals surface area (Å²) < 4.78 is 13.8. The lowest BCUT2D eigenvalue weighted by molar-refractivity contribution is 0.0696. The van der Waals surface area contributed by atoms with Gasteiger partial charge in [0.1, 0.15) is 17.3 Å². The van der Waals surface area contributed by atoms with Gasteiger partial charge in [-0.15, -0.1) is 0 Å². The number of hydrogen-bond donors (Lipinski definition) is 1. The van der Waals surface area contributed by atoms with Gasteiger partial charge in [-0.2, -0.15) is 0 Å². The largest absolute Gasteiger partial charge is 0.497 e. The summed E-state index contributed by atoms with van der Waals surface area (Å²) in [6, 6.07) is 24.6. The molecule has 0 radical (unpaired) electrons. The summed E-state index contributed by atoms with van der Waals surface area (Å²) >= 11 is 1.35. The molecule has 7 nitrogen and oxygen atoms in total. The molecule has 1 N–H and O–H groups in total. The zero-order valence-electron chi connectivity index (χ0n) is 23.0. The van der Waals surface area contributed by atoms with E-state index in [0.717, 1.165) is 52.1 Å². The van der Waals surface area contributed by atoms with E-state index < -0.39 is 5.97 Å². The summed E-state index contributed by atoms with van der Waals surface area (Å²) in [6.45, 7) is 1.85. The topological polar surface area (TPSA) is 94.0 Å². The van der Waals surface area contributed by atoms with E-state index >= 15 is 0 Å². The van der Waals surface area contributed by atoms with Gasteiger partial charge in [-0.3, -0.25) is 9.36 Å². The fraction of sp³-hybridized carbons (Fsp3) is 0.147. The van der Waals surface area contributed by atoms with Crippen molar-refractivity contribution in [2.24, 2.45) is 4.99 Å².